The minimum Gasteiger partial charge on any atom is -0.494 e. The molecule has 1 heterocycles. The van der Waals surface area contributed by atoms with E-state index in [2.05, 4.69) is 24.1 Å². The minimum atomic E-state index is -0.687. The number of likely N-dealkylation sites (tertiary alicyclic amines) is 1. The molecule has 162 valence electrons. The summed E-state index contributed by atoms with van der Waals surface area (Å²) in [5.41, 5.74) is 0.104. The molecule has 1 aliphatic heterocycles. The van der Waals surface area contributed by atoms with E-state index in [4.69, 9.17) is 9.47 Å². The highest BCUT2D eigenvalue weighted by atomic mass is 16.5. The predicted molar refractivity (Wildman–Crippen MR) is 117 cm³/mol. The van der Waals surface area contributed by atoms with E-state index >= 15 is 0 Å². The second-order valence-corrected chi connectivity index (χ2v) is 8.94. The van der Waals surface area contributed by atoms with Crippen molar-refractivity contribution in [3.05, 3.63) is 24.3 Å². The standard InChI is InChI=1S/C24H38N2O3/c1-19-12-14-24(28-3,15-13-19)23(27)25-21-8-10-22(11-9-21)29-18-6-17-26-16-5-4-7-20(26)2/h8-11,19-20H,4-7,12-18H2,1-3H3,(H,25,27)/t19?,20-,24?/m1/s1. The Labute approximate surface area is 176 Å². The van der Waals surface area contributed by atoms with Crippen LogP contribution in [0.2, 0.25) is 0 Å². The second-order valence-electron chi connectivity index (χ2n) is 8.94. The van der Waals surface area contributed by atoms with Gasteiger partial charge < -0.3 is 19.7 Å². The van der Waals surface area contributed by atoms with Crippen LogP contribution in [-0.4, -0.2) is 49.3 Å². The Hall–Kier alpha value is -1.59. The number of piperidine rings is 1. The van der Waals surface area contributed by atoms with E-state index in [9.17, 15) is 4.79 Å². The topological polar surface area (TPSA) is 50.8 Å². The molecule has 1 aromatic carbocycles. The van der Waals surface area contributed by atoms with Gasteiger partial charge >= 0.3 is 0 Å². The number of amides is 1. The maximum absolute atomic E-state index is 12.8. The van der Waals surface area contributed by atoms with Crippen molar-refractivity contribution in [3.63, 3.8) is 0 Å². The molecule has 2 aliphatic rings. The highest BCUT2D eigenvalue weighted by molar-refractivity contribution is 5.97. The van der Waals surface area contributed by atoms with E-state index in [1.54, 1.807) is 7.11 Å². The molecule has 1 amide bonds. The van der Waals surface area contributed by atoms with Gasteiger partial charge in [-0.15, -0.1) is 0 Å². The molecule has 1 N–H and O–H groups in total. The number of anilines is 1. The fourth-order valence-electron chi connectivity index (χ4n) is 4.58. The van der Waals surface area contributed by atoms with Gasteiger partial charge in [0.05, 0.1) is 6.61 Å². The minimum absolute atomic E-state index is 0.0313. The molecule has 0 bridgehead atoms. The highest BCUT2D eigenvalue weighted by Crippen LogP contribution is 2.35. The molecule has 3 rings (SSSR count). The van der Waals surface area contributed by atoms with Crippen LogP contribution in [0.4, 0.5) is 5.69 Å². The third-order valence-corrected chi connectivity index (χ3v) is 6.80. The van der Waals surface area contributed by atoms with Crippen molar-refractivity contribution in [2.75, 3.05) is 32.1 Å². The Kier molecular flexibility index (Phi) is 7.96. The largest absolute Gasteiger partial charge is 0.494 e. The Balaban J connectivity index is 1.43. The molecule has 1 aromatic rings. The molecule has 2 fully saturated rings. The average molecular weight is 403 g/mol. The van der Waals surface area contributed by atoms with Crippen LogP contribution in [0.15, 0.2) is 24.3 Å². The van der Waals surface area contributed by atoms with Crippen molar-refractivity contribution in [1.82, 2.24) is 4.90 Å². The fourth-order valence-corrected chi connectivity index (χ4v) is 4.58. The lowest BCUT2D eigenvalue weighted by atomic mass is 9.79. The summed E-state index contributed by atoms with van der Waals surface area (Å²) in [6, 6.07) is 8.39. The van der Waals surface area contributed by atoms with E-state index in [1.807, 2.05) is 24.3 Å². The number of methoxy groups -OCH3 is 1. The molecule has 5 nitrogen and oxygen atoms in total. The molecular formula is C24H38N2O3. The quantitative estimate of drug-likeness (QED) is 0.631. The molecule has 1 atom stereocenters. The molecule has 1 aliphatic carbocycles. The molecular weight excluding hydrogens is 364 g/mol. The number of hydrogen-bond donors (Lipinski definition) is 1. The van der Waals surface area contributed by atoms with Gasteiger partial charge in [-0.2, -0.15) is 0 Å². The van der Waals surface area contributed by atoms with Crippen molar-refractivity contribution in [2.45, 2.75) is 76.9 Å². The molecule has 5 heteroatoms. The number of hydrogen-bond acceptors (Lipinski definition) is 4. The van der Waals surface area contributed by atoms with Gasteiger partial charge in [0, 0.05) is 25.4 Å². The van der Waals surface area contributed by atoms with Crippen LogP contribution in [0.5, 0.6) is 5.75 Å². The number of nitrogens with zero attached hydrogens (tertiary/aromatic N) is 1. The molecule has 29 heavy (non-hydrogen) atoms. The van der Waals surface area contributed by atoms with Gasteiger partial charge in [-0.25, -0.2) is 0 Å². The average Bonchev–Trinajstić information content (AvgIpc) is 2.74. The van der Waals surface area contributed by atoms with Crippen LogP contribution >= 0.6 is 0 Å². The zero-order valence-corrected chi connectivity index (χ0v) is 18.4. The van der Waals surface area contributed by atoms with Crippen molar-refractivity contribution < 1.29 is 14.3 Å². The van der Waals surface area contributed by atoms with Gasteiger partial charge in [0.2, 0.25) is 0 Å². The number of ether oxygens (including phenoxy) is 2. The molecule has 1 saturated carbocycles. The lowest BCUT2D eigenvalue weighted by Crippen LogP contribution is -2.47. The van der Waals surface area contributed by atoms with Gasteiger partial charge in [-0.1, -0.05) is 13.3 Å². The maximum Gasteiger partial charge on any atom is 0.256 e. The molecule has 0 aromatic heterocycles. The lowest BCUT2D eigenvalue weighted by molar-refractivity contribution is -0.142. The third kappa shape index (κ3) is 5.95. The summed E-state index contributed by atoms with van der Waals surface area (Å²) in [5, 5.41) is 3.03. The van der Waals surface area contributed by atoms with Gasteiger partial charge in [-0.3, -0.25) is 4.79 Å². The zero-order chi connectivity index (χ0) is 20.7. The Bertz CT molecular complexity index is 638. The molecule has 0 spiro atoms. The Morgan fingerprint density at radius 2 is 1.86 bits per heavy atom. The SMILES string of the molecule is COC1(C(=O)Nc2ccc(OCCCN3CCCC[C@H]3C)cc2)CCC(C)CC1. The van der Waals surface area contributed by atoms with Crippen LogP contribution in [-0.2, 0) is 9.53 Å². The number of benzene rings is 1. The van der Waals surface area contributed by atoms with E-state index < -0.39 is 5.60 Å². The predicted octanol–water partition coefficient (Wildman–Crippen LogP) is 4.86. The Morgan fingerprint density at radius 3 is 2.52 bits per heavy atom. The zero-order valence-electron chi connectivity index (χ0n) is 18.4. The summed E-state index contributed by atoms with van der Waals surface area (Å²) in [6.07, 6.45) is 8.67. The van der Waals surface area contributed by atoms with Crippen molar-refractivity contribution in [1.29, 1.82) is 0 Å². The molecule has 1 saturated heterocycles. The second kappa shape index (κ2) is 10.4. The summed E-state index contributed by atoms with van der Waals surface area (Å²) in [4.78, 5) is 15.4. The molecule has 0 radical (unpaired) electrons. The van der Waals surface area contributed by atoms with E-state index in [0.717, 1.165) is 56.7 Å². The third-order valence-electron chi connectivity index (χ3n) is 6.80. The maximum atomic E-state index is 12.8. The highest BCUT2D eigenvalue weighted by Gasteiger charge is 2.41. The van der Waals surface area contributed by atoms with Crippen molar-refractivity contribution in [2.24, 2.45) is 5.92 Å². The first kappa shape index (κ1) is 22.1. The summed E-state index contributed by atoms with van der Waals surface area (Å²) in [7, 11) is 1.65. The summed E-state index contributed by atoms with van der Waals surface area (Å²) in [6.45, 7) is 7.61. The number of carbonyl (C=O) groups excluding carboxylic acids is 1. The van der Waals surface area contributed by atoms with Crippen LogP contribution in [0, 0.1) is 5.92 Å². The first-order valence-corrected chi connectivity index (χ1v) is 11.4. The van der Waals surface area contributed by atoms with Crippen LogP contribution in [0.25, 0.3) is 0 Å². The number of carbonyl (C=O) groups is 1. The number of nitrogens with one attached hydrogen (secondary N) is 1. The van der Waals surface area contributed by atoms with Crippen LogP contribution < -0.4 is 10.1 Å². The van der Waals surface area contributed by atoms with E-state index in [1.165, 1.54) is 25.8 Å². The number of rotatable bonds is 8. The summed E-state index contributed by atoms with van der Waals surface area (Å²) < 4.78 is 11.6. The monoisotopic (exact) mass is 402 g/mol. The Morgan fingerprint density at radius 1 is 1.14 bits per heavy atom. The van der Waals surface area contributed by atoms with Gasteiger partial charge in [-0.05, 0) is 88.6 Å². The van der Waals surface area contributed by atoms with Crippen LogP contribution in [0.1, 0.15) is 65.2 Å². The van der Waals surface area contributed by atoms with Crippen LogP contribution in [0.3, 0.4) is 0 Å². The summed E-state index contributed by atoms with van der Waals surface area (Å²) in [5.74, 6) is 1.49. The first-order chi connectivity index (χ1) is 14.0. The van der Waals surface area contributed by atoms with Crippen molar-refractivity contribution in [3.8, 4) is 5.75 Å². The van der Waals surface area contributed by atoms with Crippen molar-refractivity contribution >= 4 is 11.6 Å². The molecule has 0 unspecified atom stereocenters. The smallest absolute Gasteiger partial charge is 0.256 e. The first-order valence-electron chi connectivity index (χ1n) is 11.4. The summed E-state index contributed by atoms with van der Waals surface area (Å²) >= 11 is 0. The normalized spacial score (nSPS) is 28.1. The van der Waals surface area contributed by atoms with Gasteiger partial charge in [0.25, 0.3) is 5.91 Å². The van der Waals surface area contributed by atoms with E-state index in [-0.39, 0.29) is 5.91 Å². The lowest BCUT2D eigenvalue weighted by Gasteiger charge is -2.36. The van der Waals surface area contributed by atoms with E-state index in [0.29, 0.717) is 12.0 Å². The van der Waals surface area contributed by atoms with Gasteiger partial charge in [0.1, 0.15) is 11.4 Å². The van der Waals surface area contributed by atoms with Gasteiger partial charge in [0.15, 0.2) is 0 Å². The fraction of sp³-hybridized carbons (Fsp3) is 0.708.